The van der Waals surface area contributed by atoms with Crippen molar-refractivity contribution in [1.29, 1.82) is 0 Å². The van der Waals surface area contributed by atoms with Crippen molar-refractivity contribution < 1.29 is 0 Å². The number of thiol groups is 4. The van der Waals surface area contributed by atoms with Gasteiger partial charge in [0.1, 0.15) is 0 Å². The van der Waals surface area contributed by atoms with Crippen LogP contribution < -0.4 is 0 Å². The van der Waals surface area contributed by atoms with Crippen molar-refractivity contribution >= 4 is 72.1 Å². The average molecular weight is 671 g/mol. The Morgan fingerprint density at radius 2 is 1.15 bits per heavy atom. The first kappa shape index (κ1) is 31.8. The summed E-state index contributed by atoms with van der Waals surface area (Å²) in [6.45, 7) is 7.20. The molecular formula is C42H38S4. The van der Waals surface area contributed by atoms with E-state index in [1.54, 1.807) is 0 Å². The van der Waals surface area contributed by atoms with Gasteiger partial charge < -0.3 is 0 Å². The molecule has 0 aliphatic heterocycles. The summed E-state index contributed by atoms with van der Waals surface area (Å²) in [7, 11) is 0. The molecule has 0 saturated heterocycles. The van der Waals surface area contributed by atoms with Crippen molar-refractivity contribution in [1.82, 2.24) is 0 Å². The van der Waals surface area contributed by atoms with Gasteiger partial charge in [0.05, 0.1) is 0 Å². The molecule has 1 aliphatic rings. The maximum atomic E-state index is 5.72. The molecule has 6 aromatic rings. The first-order chi connectivity index (χ1) is 22.4. The second-order valence-electron chi connectivity index (χ2n) is 12.8. The maximum Gasteiger partial charge on any atom is 0.0449 e. The van der Waals surface area contributed by atoms with Crippen LogP contribution in [0, 0.1) is 24.5 Å². The second-order valence-corrected chi connectivity index (χ2v) is 14.5. The number of hydrogen-bond donors (Lipinski definition) is 4. The monoisotopic (exact) mass is 670 g/mol. The Morgan fingerprint density at radius 1 is 0.674 bits per heavy atom. The lowest BCUT2D eigenvalue weighted by molar-refractivity contribution is 0.0820. The third-order valence-corrected chi connectivity index (χ3v) is 12.9. The van der Waals surface area contributed by atoms with Crippen molar-refractivity contribution in [2.45, 2.75) is 45.1 Å². The summed E-state index contributed by atoms with van der Waals surface area (Å²) in [5, 5.41) is 4.37. The Morgan fingerprint density at radius 3 is 1.67 bits per heavy atom. The highest BCUT2D eigenvalue weighted by atomic mass is 32.1. The van der Waals surface area contributed by atoms with Gasteiger partial charge in [-0.3, -0.25) is 0 Å². The minimum atomic E-state index is -0.747. The average Bonchev–Trinajstić information content (AvgIpc) is 3.11. The highest BCUT2D eigenvalue weighted by Gasteiger charge is 2.67. The molecule has 0 N–H and O–H groups in total. The lowest BCUT2D eigenvalue weighted by Gasteiger charge is -2.65. The summed E-state index contributed by atoms with van der Waals surface area (Å²) < 4.78 is 0. The van der Waals surface area contributed by atoms with Crippen LogP contribution in [0.2, 0.25) is 0 Å². The highest BCUT2D eigenvalue weighted by molar-refractivity contribution is 7.82. The number of rotatable bonds is 6. The number of benzene rings is 6. The Balaban J connectivity index is 1.76. The molecule has 0 spiro atoms. The van der Waals surface area contributed by atoms with Crippen LogP contribution in [0.15, 0.2) is 143 Å². The molecule has 230 valence electrons. The molecular weight excluding hydrogens is 633 g/mol. The SMILES string of the molecule is [CH2]C1CC(c2ccccc2)C(c2ccccc2)(C(C)[CH]S)C(c2ccc3ccccc3c2S)(c2ccc3ccccc3c2S)C1S. The molecule has 7 rings (SSSR count). The lowest BCUT2D eigenvalue weighted by atomic mass is 9.39. The summed E-state index contributed by atoms with van der Waals surface area (Å²) in [6, 6.07) is 48.2. The van der Waals surface area contributed by atoms with Gasteiger partial charge in [-0.05, 0) is 74.9 Å². The van der Waals surface area contributed by atoms with Crippen molar-refractivity contribution in [3.8, 4) is 0 Å². The van der Waals surface area contributed by atoms with Crippen LogP contribution in [0.1, 0.15) is 41.5 Å². The molecule has 46 heavy (non-hydrogen) atoms. The Hall–Kier alpha value is -2.76. The van der Waals surface area contributed by atoms with Gasteiger partial charge in [0.25, 0.3) is 0 Å². The van der Waals surface area contributed by atoms with E-state index >= 15 is 0 Å². The molecule has 4 heteroatoms. The molecule has 6 aromatic carbocycles. The van der Waals surface area contributed by atoms with Gasteiger partial charge in [-0.15, -0.1) is 25.3 Å². The summed E-state index contributed by atoms with van der Waals surface area (Å²) in [5.41, 5.74) is 3.49. The summed E-state index contributed by atoms with van der Waals surface area (Å²) in [5.74, 6) is 2.17. The Bertz CT molecular complexity index is 1920. The predicted molar refractivity (Wildman–Crippen MR) is 209 cm³/mol. The van der Waals surface area contributed by atoms with Crippen molar-refractivity contribution in [2.75, 3.05) is 0 Å². The fourth-order valence-corrected chi connectivity index (χ4v) is 10.6. The van der Waals surface area contributed by atoms with E-state index in [-0.39, 0.29) is 23.0 Å². The van der Waals surface area contributed by atoms with Crippen LogP contribution in [0.4, 0.5) is 0 Å². The highest BCUT2D eigenvalue weighted by Crippen LogP contribution is 2.69. The second kappa shape index (κ2) is 12.7. The maximum absolute atomic E-state index is 5.72. The summed E-state index contributed by atoms with van der Waals surface area (Å²) in [4.78, 5) is 1.93. The zero-order valence-corrected chi connectivity index (χ0v) is 29.4. The van der Waals surface area contributed by atoms with E-state index in [0.717, 1.165) is 48.9 Å². The number of fused-ring (bicyclic) bond motifs is 2. The van der Waals surface area contributed by atoms with Gasteiger partial charge >= 0.3 is 0 Å². The third-order valence-electron chi connectivity index (χ3n) is 10.7. The fourth-order valence-electron chi connectivity index (χ4n) is 8.83. The molecule has 5 atom stereocenters. The van der Waals surface area contributed by atoms with Crippen molar-refractivity contribution in [3.63, 3.8) is 0 Å². The van der Waals surface area contributed by atoms with Crippen LogP contribution in [0.25, 0.3) is 21.5 Å². The largest absolute Gasteiger partial charge is 0.174 e. The fraction of sp³-hybridized carbons (Fsp3) is 0.190. The molecule has 0 nitrogen and oxygen atoms in total. The van der Waals surface area contributed by atoms with Gasteiger partial charge in [-0.25, -0.2) is 0 Å². The molecule has 2 radical (unpaired) electrons. The first-order valence-electron chi connectivity index (χ1n) is 15.9. The van der Waals surface area contributed by atoms with Gasteiger partial charge in [-0.2, -0.15) is 25.3 Å². The Kier molecular flexibility index (Phi) is 8.78. The van der Waals surface area contributed by atoms with Crippen molar-refractivity contribution in [2.24, 2.45) is 11.8 Å². The lowest BCUT2D eigenvalue weighted by Crippen LogP contribution is -2.66. The molecule has 5 unspecified atom stereocenters. The van der Waals surface area contributed by atoms with E-state index in [0.29, 0.717) is 0 Å². The molecule has 1 fully saturated rings. The van der Waals surface area contributed by atoms with Gasteiger partial charge in [0, 0.05) is 31.6 Å². The molecule has 0 heterocycles. The normalized spacial score (nSPS) is 23.4. The standard InChI is InChI=1S/C42H38S4/c1-27-25-37(31-15-5-3-6-16-31)41(28(2)26-43,32-17-7-4-8-18-32)42(40(27)46,35-23-21-29-13-9-11-19-33(29)38(35)44)36-24-22-30-14-10-12-20-34(30)39(36)45/h3-24,26-28,37,40,43-46H,1,25H2,2H3. The molecule has 0 amide bonds. The first-order valence-corrected chi connectivity index (χ1v) is 17.8. The van der Waals surface area contributed by atoms with Crippen LogP contribution in [0.5, 0.6) is 0 Å². The topological polar surface area (TPSA) is 0 Å². The van der Waals surface area contributed by atoms with E-state index in [1.807, 2.05) is 0 Å². The molecule has 0 bridgehead atoms. The summed E-state index contributed by atoms with van der Waals surface area (Å²) in [6.07, 6.45) is 0.867. The van der Waals surface area contributed by atoms with Crippen LogP contribution in [0.3, 0.4) is 0 Å². The zero-order valence-electron chi connectivity index (χ0n) is 25.8. The molecule has 0 aromatic heterocycles. The smallest absolute Gasteiger partial charge is 0.0449 e. The molecule has 1 saturated carbocycles. The van der Waals surface area contributed by atoms with E-state index in [9.17, 15) is 0 Å². The van der Waals surface area contributed by atoms with Crippen molar-refractivity contribution in [3.05, 3.63) is 168 Å². The molecule has 1 aliphatic carbocycles. The third kappa shape index (κ3) is 4.62. The van der Waals surface area contributed by atoms with Gasteiger partial charge in [0.15, 0.2) is 0 Å². The number of hydrogen-bond acceptors (Lipinski definition) is 4. The van der Waals surface area contributed by atoms with Gasteiger partial charge in [-0.1, -0.05) is 140 Å². The Labute approximate surface area is 295 Å². The minimum absolute atomic E-state index is 0.0101. The van der Waals surface area contributed by atoms with Crippen LogP contribution >= 0.6 is 50.5 Å². The predicted octanol–water partition coefficient (Wildman–Crippen LogP) is 11.5. The van der Waals surface area contributed by atoms with E-state index in [4.69, 9.17) is 57.4 Å². The van der Waals surface area contributed by atoms with E-state index in [2.05, 4.69) is 146 Å². The quantitative estimate of drug-likeness (QED) is 0.125. The minimum Gasteiger partial charge on any atom is -0.174 e. The summed E-state index contributed by atoms with van der Waals surface area (Å²) >= 11 is 21.6. The van der Waals surface area contributed by atoms with Crippen LogP contribution in [-0.4, -0.2) is 5.25 Å². The zero-order chi connectivity index (χ0) is 32.1. The van der Waals surface area contributed by atoms with E-state index in [1.165, 1.54) is 11.1 Å². The van der Waals surface area contributed by atoms with Gasteiger partial charge in [0.2, 0.25) is 0 Å². The van der Waals surface area contributed by atoms with E-state index < -0.39 is 10.8 Å². The van der Waals surface area contributed by atoms with Crippen LogP contribution in [-0.2, 0) is 10.8 Å².